The highest BCUT2D eigenvalue weighted by Gasteiger charge is 2.20. The van der Waals surface area contributed by atoms with Gasteiger partial charge >= 0.3 is 0 Å². The minimum absolute atomic E-state index is 0.382. The lowest BCUT2D eigenvalue weighted by Crippen LogP contribution is -2.42. The maximum atomic E-state index is 12.6. The van der Waals surface area contributed by atoms with Crippen molar-refractivity contribution in [3.05, 3.63) is 86.7 Å². The van der Waals surface area contributed by atoms with E-state index in [1.807, 2.05) is 24.3 Å². The second-order valence-electron chi connectivity index (χ2n) is 6.21. The van der Waals surface area contributed by atoms with Gasteiger partial charge in [-0.05, 0) is 49.7 Å². The van der Waals surface area contributed by atoms with Gasteiger partial charge in [0, 0.05) is 21.3 Å². The largest absolute Gasteiger partial charge is 0.273 e. The first-order valence-corrected chi connectivity index (χ1v) is 9.26. The zero-order chi connectivity index (χ0) is 20.3. The highest BCUT2D eigenvalue weighted by Crippen LogP contribution is 2.19. The number of halogens is 2. The molecule has 0 aliphatic carbocycles. The first-order chi connectivity index (χ1) is 13.4. The Morgan fingerprint density at radius 3 is 2.29 bits per heavy atom. The molecule has 1 aromatic heterocycles. The van der Waals surface area contributed by atoms with Crippen molar-refractivity contribution in [3.8, 4) is 0 Å². The molecule has 1 heterocycles. The van der Waals surface area contributed by atoms with Crippen LogP contribution < -0.4 is 10.9 Å². The zero-order valence-electron chi connectivity index (χ0n) is 15.3. The third-order valence-electron chi connectivity index (χ3n) is 4.28. The van der Waals surface area contributed by atoms with Crippen molar-refractivity contribution in [2.24, 2.45) is 0 Å². The van der Waals surface area contributed by atoms with Crippen LogP contribution in [0.4, 0.5) is 0 Å². The summed E-state index contributed by atoms with van der Waals surface area (Å²) in [5.74, 6) is -0.883. The first-order valence-electron chi connectivity index (χ1n) is 8.50. The smallest absolute Gasteiger partial charge is 0.267 e. The van der Waals surface area contributed by atoms with Crippen LogP contribution in [0.2, 0.25) is 10.0 Å². The van der Waals surface area contributed by atoms with Crippen molar-refractivity contribution in [2.75, 3.05) is 0 Å². The van der Waals surface area contributed by atoms with Gasteiger partial charge in [0.25, 0.3) is 11.8 Å². The Balaban J connectivity index is 1.72. The highest BCUT2D eigenvalue weighted by molar-refractivity contribution is 6.31. The molecule has 3 aromatic rings. The zero-order valence-corrected chi connectivity index (χ0v) is 16.8. The Labute approximate surface area is 172 Å². The number of carbonyl (C=O) groups excluding carboxylic acids is 2. The maximum absolute atomic E-state index is 12.6. The Bertz CT molecular complexity index is 1030. The fourth-order valence-electron chi connectivity index (χ4n) is 2.82. The Morgan fingerprint density at radius 1 is 0.964 bits per heavy atom. The number of hydrogen-bond acceptors (Lipinski definition) is 3. The quantitative estimate of drug-likeness (QED) is 0.632. The molecule has 0 radical (unpaired) electrons. The van der Waals surface area contributed by atoms with Crippen LogP contribution in [-0.4, -0.2) is 21.6 Å². The molecule has 28 heavy (non-hydrogen) atoms. The fourth-order valence-corrected chi connectivity index (χ4v) is 3.14. The predicted molar refractivity (Wildman–Crippen MR) is 109 cm³/mol. The highest BCUT2D eigenvalue weighted by atomic mass is 35.5. The number of amides is 2. The van der Waals surface area contributed by atoms with Crippen LogP contribution in [0.25, 0.3) is 0 Å². The molecule has 0 fully saturated rings. The number of aryl methyl sites for hydroxylation is 1. The number of nitrogens with one attached hydrogen (secondary N) is 2. The summed E-state index contributed by atoms with van der Waals surface area (Å²) in [5, 5.41) is 5.59. The summed E-state index contributed by atoms with van der Waals surface area (Å²) < 4.78 is 1.71. The monoisotopic (exact) mass is 416 g/mol. The van der Waals surface area contributed by atoms with Crippen molar-refractivity contribution in [3.63, 3.8) is 0 Å². The molecule has 0 aliphatic heterocycles. The van der Waals surface area contributed by atoms with Crippen LogP contribution >= 0.6 is 23.2 Å². The van der Waals surface area contributed by atoms with E-state index in [1.54, 1.807) is 42.8 Å². The summed E-state index contributed by atoms with van der Waals surface area (Å²) in [5.41, 5.74) is 7.75. The Morgan fingerprint density at radius 2 is 1.61 bits per heavy atom. The van der Waals surface area contributed by atoms with Gasteiger partial charge in [0.1, 0.15) is 0 Å². The van der Waals surface area contributed by atoms with E-state index in [4.69, 9.17) is 23.2 Å². The molecule has 0 aliphatic rings. The van der Waals surface area contributed by atoms with Crippen LogP contribution in [0.1, 0.15) is 37.7 Å². The SMILES string of the molecule is Cc1nn(Cc2ccccc2Cl)c(C)c1C(=O)NNC(=O)c1ccc(Cl)cc1. The molecule has 0 atom stereocenters. The third-order valence-corrected chi connectivity index (χ3v) is 4.90. The van der Waals surface area contributed by atoms with Crippen LogP contribution in [0.5, 0.6) is 0 Å². The van der Waals surface area contributed by atoms with E-state index in [-0.39, 0.29) is 0 Å². The van der Waals surface area contributed by atoms with Gasteiger partial charge in [-0.15, -0.1) is 0 Å². The van der Waals surface area contributed by atoms with Gasteiger partial charge in [-0.1, -0.05) is 41.4 Å². The number of aromatic nitrogens is 2. The van der Waals surface area contributed by atoms with Crippen LogP contribution in [-0.2, 0) is 6.54 Å². The molecule has 0 spiro atoms. The van der Waals surface area contributed by atoms with Crippen LogP contribution in [0, 0.1) is 13.8 Å². The normalized spacial score (nSPS) is 10.6. The molecular weight excluding hydrogens is 399 g/mol. The molecule has 3 rings (SSSR count). The summed E-state index contributed by atoms with van der Waals surface area (Å²) in [4.78, 5) is 24.7. The van der Waals surface area contributed by atoms with E-state index in [0.29, 0.717) is 39.1 Å². The molecule has 2 N–H and O–H groups in total. The molecule has 8 heteroatoms. The average Bonchev–Trinajstić information content (AvgIpc) is 2.95. The molecule has 144 valence electrons. The van der Waals surface area contributed by atoms with Gasteiger partial charge in [-0.2, -0.15) is 5.10 Å². The van der Waals surface area contributed by atoms with Crippen molar-refractivity contribution in [1.82, 2.24) is 20.6 Å². The summed E-state index contributed by atoms with van der Waals surface area (Å²) >= 11 is 12.0. The molecule has 0 saturated carbocycles. The Kier molecular flexibility index (Phi) is 6.02. The number of hydrazine groups is 1. The first kappa shape index (κ1) is 19.9. The van der Waals surface area contributed by atoms with Gasteiger partial charge in [-0.25, -0.2) is 0 Å². The van der Waals surface area contributed by atoms with Crippen LogP contribution in [0.3, 0.4) is 0 Å². The average molecular weight is 417 g/mol. The summed E-state index contributed by atoms with van der Waals surface area (Å²) in [6, 6.07) is 13.8. The number of carbonyl (C=O) groups is 2. The van der Waals surface area contributed by atoms with E-state index in [2.05, 4.69) is 16.0 Å². The lowest BCUT2D eigenvalue weighted by molar-refractivity contribution is 0.0846. The van der Waals surface area contributed by atoms with E-state index in [0.717, 1.165) is 5.56 Å². The van der Waals surface area contributed by atoms with Crippen LogP contribution in [0.15, 0.2) is 48.5 Å². The second-order valence-corrected chi connectivity index (χ2v) is 7.05. The summed E-state index contributed by atoms with van der Waals surface area (Å²) in [7, 11) is 0. The maximum Gasteiger partial charge on any atom is 0.273 e. The molecule has 2 amide bonds. The number of benzene rings is 2. The number of nitrogens with zero attached hydrogens (tertiary/aromatic N) is 2. The van der Waals surface area contributed by atoms with Gasteiger partial charge in [0.05, 0.1) is 17.8 Å². The van der Waals surface area contributed by atoms with Gasteiger partial charge in [0.15, 0.2) is 0 Å². The van der Waals surface area contributed by atoms with Crippen molar-refractivity contribution in [2.45, 2.75) is 20.4 Å². The van der Waals surface area contributed by atoms with Crippen molar-refractivity contribution < 1.29 is 9.59 Å². The molecular formula is C20H18Cl2N4O2. The van der Waals surface area contributed by atoms with Crippen molar-refractivity contribution >= 4 is 35.0 Å². The minimum atomic E-state index is -0.442. The van der Waals surface area contributed by atoms with Gasteiger partial charge in [0.2, 0.25) is 0 Å². The molecule has 6 nitrogen and oxygen atoms in total. The van der Waals surface area contributed by atoms with Gasteiger partial charge < -0.3 is 0 Å². The lowest BCUT2D eigenvalue weighted by Gasteiger charge is -2.09. The van der Waals surface area contributed by atoms with Gasteiger partial charge in [-0.3, -0.25) is 25.1 Å². The minimum Gasteiger partial charge on any atom is -0.267 e. The van der Waals surface area contributed by atoms with Crippen molar-refractivity contribution in [1.29, 1.82) is 0 Å². The molecule has 0 unspecified atom stereocenters. The lowest BCUT2D eigenvalue weighted by atomic mass is 10.2. The number of rotatable bonds is 4. The molecule has 0 saturated heterocycles. The Hall–Kier alpha value is -2.83. The topological polar surface area (TPSA) is 76.0 Å². The van der Waals surface area contributed by atoms with E-state index >= 15 is 0 Å². The summed E-state index contributed by atoms with van der Waals surface area (Å²) in [6.45, 7) is 3.98. The number of hydrogen-bond donors (Lipinski definition) is 2. The predicted octanol–water partition coefficient (Wildman–Crippen LogP) is 3.93. The second kappa shape index (κ2) is 8.46. The van der Waals surface area contributed by atoms with E-state index in [1.165, 1.54) is 0 Å². The fraction of sp³-hybridized carbons (Fsp3) is 0.150. The standard InChI is InChI=1S/C20H18Cl2N4O2/c1-12-18(13(2)26(25-12)11-15-5-3-4-6-17(15)22)20(28)24-23-19(27)14-7-9-16(21)10-8-14/h3-10H,11H2,1-2H3,(H,23,27)(H,24,28). The third kappa shape index (κ3) is 4.35. The van der Waals surface area contributed by atoms with E-state index < -0.39 is 11.8 Å². The molecule has 0 bridgehead atoms. The molecule has 2 aromatic carbocycles. The summed E-state index contributed by atoms with van der Waals surface area (Å²) in [6.07, 6.45) is 0. The van der Waals surface area contributed by atoms with E-state index in [9.17, 15) is 9.59 Å².